The normalized spacial score (nSPS) is 21.7. The standard InChI is InChI=1S/C33H36F3N5O6/c1-19-5-2-3-7-25(19)40-13-15-41(16-14-40)26-12-11-21(17-23(26)38-30(44)24-18-46-31(39-24)20-9-10-20)29(43)37-22-6-4-8-27(28(22)42)47-32(45)33(34,35)36/h2-3,5,7,11-12,17-18,20,22,27-28,42H,4,6,8-10,13-16H2,1H3,(H,37,43)(H,38,44)/t22-,27-,28+/m1/s1. The molecule has 6 rings (SSSR count). The van der Waals surface area contributed by atoms with Gasteiger partial charge in [-0.2, -0.15) is 13.2 Å². The Morgan fingerprint density at radius 1 is 0.957 bits per heavy atom. The molecule has 3 aliphatic rings. The summed E-state index contributed by atoms with van der Waals surface area (Å²) in [5.74, 6) is -2.77. The minimum absolute atomic E-state index is 0.0296. The molecule has 3 N–H and O–H groups in total. The van der Waals surface area contributed by atoms with Crippen molar-refractivity contribution in [2.45, 2.75) is 69.4 Å². The molecule has 3 atom stereocenters. The number of nitrogens with zero attached hydrogens (tertiary/aromatic N) is 3. The maximum atomic E-state index is 13.4. The van der Waals surface area contributed by atoms with Gasteiger partial charge in [0.2, 0.25) is 0 Å². The van der Waals surface area contributed by atoms with Crippen molar-refractivity contribution in [3.8, 4) is 0 Å². The molecule has 2 heterocycles. The van der Waals surface area contributed by atoms with Gasteiger partial charge >= 0.3 is 12.1 Å². The van der Waals surface area contributed by atoms with Crippen LogP contribution >= 0.6 is 0 Å². The first-order valence-corrected chi connectivity index (χ1v) is 15.7. The number of piperazine rings is 1. The Morgan fingerprint density at radius 2 is 1.66 bits per heavy atom. The maximum absolute atomic E-state index is 13.4. The molecule has 2 amide bonds. The lowest BCUT2D eigenvalue weighted by atomic mass is 9.89. The third-order valence-electron chi connectivity index (χ3n) is 8.87. The predicted molar refractivity (Wildman–Crippen MR) is 166 cm³/mol. The molecule has 0 radical (unpaired) electrons. The van der Waals surface area contributed by atoms with Crippen molar-refractivity contribution in [2.75, 3.05) is 41.3 Å². The Hall–Kier alpha value is -4.59. The van der Waals surface area contributed by atoms with Crippen LogP contribution in [-0.4, -0.2) is 78.5 Å². The summed E-state index contributed by atoms with van der Waals surface area (Å²) < 4.78 is 48.2. The Bertz CT molecular complexity index is 1630. The van der Waals surface area contributed by atoms with Crippen LogP contribution in [0.3, 0.4) is 0 Å². The molecular formula is C33H36F3N5O6. The summed E-state index contributed by atoms with van der Waals surface area (Å²) in [6, 6.07) is 12.1. The average molecular weight is 656 g/mol. The number of carbonyl (C=O) groups excluding carboxylic acids is 3. The maximum Gasteiger partial charge on any atom is 0.490 e. The van der Waals surface area contributed by atoms with E-state index in [-0.39, 0.29) is 30.0 Å². The second kappa shape index (κ2) is 13.3. The van der Waals surface area contributed by atoms with Gasteiger partial charge in [0.05, 0.1) is 17.4 Å². The van der Waals surface area contributed by atoms with E-state index in [0.29, 0.717) is 36.8 Å². The van der Waals surface area contributed by atoms with Gasteiger partial charge in [0.15, 0.2) is 11.6 Å². The highest BCUT2D eigenvalue weighted by atomic mass is 19.4. The lowest BCUT2D eigenvalue weighted by Gasteiger charge is -2.38. The summed E-state index contributed by atoms with van der Waals surface area (Å²) in [5, 5.41) is 16.2. The van der Waals surface area contributed by atoms with E-state index < -0.39 is 42.2 Å². The van der Waals surface area contributed by atoms with Crippen LogP contribution in [0.1, 0.15) is 70.3 Å². The van der Waals surface area contributed by atoms with E-state index in [4.69, 9.17) is 4.42 Å². The van der Waals surface area contributed by atoms with Crippen LogP contribution in [0, 0.1) is 6.92 Å². The van der Waals surface area contributed by atoms with Crippen LogP contribution in [0.4, 0.5) is 30.2 Å². The molecule has 2 saturated carbocycles. The van der Waals surface area contributed by atoms with E-state index in [1.807, 2.05) is 12.1 Å². The molecule has 1 saturated heterocycles. The molecule has 0 spiro atoms. The minimum atomic E-state index is -5.20. The summed E-state index contributed by atoms with van der Waals surface area (Å²) in [7, 11) is 0. The largest absolute Gasteiger partial charge is 0.490 e. The van der Waals surface area contributed by atoms with Gasteiger partial charge in [-0.25, -0.2) is 9.78 Å². The lowest BCUT2D eigenvalue weighted by Crippen LogP contribution is -2.53. The molecule has 3 fully saturated rings. The van der Waals surface area contributed by atoms with E-state index in [9.17, 15) is 32.7 Å². The zero-order chi connectivity index (χ0) is 33.3. The average Bonchev–Trinajstić information content (AvgIpc) is 3.78. The Balaban J connectivity index is 1.19. The SMILES string of the molecule is Cc1ccccc1N1CCN(c2ccc(C(=O)N[C@@H]3CCC[C@@H](OC(=O)C(F)(F)F)[C@H]3O)cc2NC(=O)c2coc(C3CC3)n2)CC1. The molecule has 3 aromatic rings. The van der Waals surface area contributed by atoms with E-state index in [1.165, 1.54) is 17.9 Å². The molecule has 47 heavy (non-hydrogen) atoms. The van der Waals surface area contributed by atoms with Crippen LogP contribution in [0.15, 0.2) is 53.1 Å². The number of aromatic nitrogens is 1. The van der Waals surface area contributed by atoms with Crippen molar-refractivity contribution >= 4 is 34.8 Å². The van der Waals surface area contributed by atoms with Crippen molar-refractivity contribution in [3.05, 3.63) is 71.4 Å². The van der Waals surface area contributed by atoms with Gasteiger partial charge in [0.1, 0.15) is 18.5 Å². The lowest BCUT2D eigenvalue weighted by molar-refractivity contribution is -0.211. The van der Waals surface area contributed by atoms with Crippen molar-refractivity contribution in [1.29, 1.82) is 0 Å². The van der Waals surface area contributed by atoms with Crippen molar-refractivity contribution in [3.63, 3.8) is 0 Å². The fraction of sp³-hybridized carbons (Fsp3) is 0.455. The Labute approximate surface area is 269 Å². The Kier molecular flexibility index (Phi) is 9.13. The summed E-state index contributed by atoms with van der Waals surface area (Å²) in [5.41, 5.74) is 3.66. The molecule has 11 nitrogen and oxygen atoms in total. The fourth-order valence-corrected chi connectivity index (χ4v) is 6.14. The number of halogens is 3. The Morgan fingerprint density at radius 3 is 2.34 bits per heavy atom. The summed E-state index contributed by atoms with van der Waals surface area (Å²) >= 11 is 0. The van der Waals surface area contributed by atoms with E-state index in [2.05, 4.69) is 49.2 Å². The zero-order valence-electron chi connectivity index (χ0n) is 25.8. The second-order valence-electron chi connectivity index (χ2n) is 12.2. The van der Waals surface area contributed by atoms with E-state index in [1.54, 1.807) is 12.1 Å². The number of hydrogen-bond donors (Lipinski definition) is 3. The third kappa shape index (κ3) is 7.37. The van der Waals surface area contributed by atoms with Crippen LogP contribution in [0.25, 0.3) is 0 Å². The molecule has 14 heteroatoms. The third-order valence-corrected chi connectivity index (χ3v) is 8.87. The number of para-hydroxylation sites is 1. The number of esters is 1. The molecule has 2 aromatic carbocycles. The summed E-state index contributed by atoms with van der Waals surface area (Å²) in [4.78, 5) is 46.8. The van der Waals surface area contributed by atoms with Crippen LogP contribution in [0.2, 0.25) is 0 Å². The van der Waals surface area contributed by atoms with Crippen molar-refractivity contribution in [1.82, 2.24) is 10.3 Å². The number of hydrogen-bond acceptors (Lipinski definition) is 9. The van der Waals surface area contributed by atoms with Gasteiger partial charge in [-0.3, -0.25) is 9.59 Å². The number of aliphatic hydroxyl groups is 1. The number of nitrogens with one attached hydrogen (secondary N) is 2. The number of ether oxygens (including phenoxy) is 1. The van der Waals surface area contributed by atoms with E-state index >= 15 is 0 Å². The molecule has 250 valence electrons. The molecule has 0 unspecified atom stereocenters. The topological polar surface area (TPSA) is 137 Å². The second-order valence-corrected chi connectivity index (χ2v) is 12.2. The van der Waals surface area contributed by atoms with Crippen molar-refractivity contribution in [2.24, 2.45) is 0 Å². The first-order valence-electron chi connectivity index (χ1n) is 15.7. The zero-order valence-corrected chi connectivity index (χ0v) is 25.8. The molecular weight excluding hydrogens is 619 g/mol. The number of rotatable bonds is 8. The van der Waals surface area contributed by atoms with E-state index in [0.717, 1.165) is 31.6 Å². The summed E-state index contributed by atoms with van der Waals surface area (Å²) in [6.45, 7) is 4.82. The first kappa shape index (κ1) is 32.4. The fourth-order valence-electron chi connectivity index (χ4n) is 6.14. The van der Waals surface area contributed by atoms with Crippen LogP contribution in [0.5, 0.6) is 0 Å². The van der Waals surface area contributed by atoms with Crippen molar-refractivity contribution < 1.29 is 41.8 Å². The quantitative estimate of drug-likeness (QED) is 0.299. The molecule has 0 bridgehead atoms. The molecule has 2 aliphatic carbocycles. The molecule has 1 aromatic heterocycles. The number of benzene rings is 2. The van der Waals surface area contributed by atoms with Crippen LogP contribution < -0.4 is 20.4 Å². The number of carbonyl (C=O) groups is 3. The number of oxazole rings is 1. The monoisotopic (exact) mass is 655 g/mol. The number of alkyl halides is 3. The van der Waals surface area contributed by atoms with Gasteiger partial charge in [0.25, 0.3) is 11.8 Å². The predicted octanol–water partition coefficient (Wildman–Crippen LogP) is 4.56. The number of aryl methyl sites for hydroxylation is 1. The smallest absolute Gasteiger partial charge is 0.453 e. The highest BCUT2D eigenvalue weighted by Crippen LogP contribution is 2.39. The highest BCUT2D eigenvalue weighted by Gasteiger charge is 2.45. The van der Waals surface area contributed by atoms with Crippen LogP contribution in [-0.2, 0) is 9.53 Å². The number of anilines is 3. The number of amides is 2. The van der Waals surface area contributed by atoms with Gasteiger partial charge in [-0.15, -0.1) is 0 Å². The number of aliphatic hydroxyl groups excluding tert-OH is 1. The first-order chi connectivity index (χ1) is 22.5. The van der Waals surface area contributed by atoms with Gasteiger partial charge in [-0.1, -0.05) is 18.2 Å². The molecule has 1 aliphatic heterocycles. The van der Waals surface area contributed by atoms with Gasteiger partial charge < -0.3 is 34.7 Å². The van der Waals surface area contributed by atoms with Gasteiger partial charge in [-0.05, 0) is 68.9 Å². The van der Waals surface area contributed by atoms with Gasteiger partial charge in [0, 0.05) is 43.3 Å². The summed E-state index contributed by atoms with van der Waals surface area (Å²) in [6.07, 6.45) is -4.29. The highest BCUT2D eigenvalue weighted by molar-refractivity contribution is 6.06. The minimum Gasteiger partial charge on any atom is -0.453 e.